The van der Waals surface area contributed by atoms with Crippen molar-refractivity contribution in [3.8, 4) is 0 Å². The van der Waals surface area contributed by atoms with Crippen molar-refractivity contribution in [3.63, 3.8) is 0 Å². The lowest BCUT2D eigenvalue weighted by molar-refractivity contribution is -0.228. The maximum atomic E-state index is 14.9. The van der Waals surface area contributed by atoms with E-state index in [0.29, 0.717) is 50.3 Å². The molecule has 4 nitrogen and oxygen atoms in total. The summed E-state index contributed by atoms with van der Waals surface area (Å²) in [5, 5.41) is 0. The van der Waals surface area contributed by atoms with Gasteiger partial charge in [0.15, 0.2) is 0 Å². The Morgan fingerprint density at radius 2 is 1.85 bits per heavy atom. The first-order chi connectivity index (χ1) is 18.5. The summed E-state index contributed by atoms with van der Waals surface area (Å²) in [6, 6.07) is 13.7. The number of nitrogens with zero attached hydrogens (tertiary/aromatic N) is 3. The van der Waals surface area contributed by atoms with Gasteiger partial charge in [-0.2, -0.15) is 13.2 Å². The largest absolute Gasteiger partial charge is 0.426 e. The molecule has 2 aliphatic rings. The molecule has 1 saturated heterocycles. The molecule has 202 valence electrons. The van der Waals surface area contributed by atoms with Gasteiger partial charge in [0.25, 0.3) is 5.91 Å². The van der Waals surface area contributed by atoms with Crippen molar-refractivity contribution in [2.24, 2.45) is 0 Å². The van der Waals surface area contributed by atoms with Crippen LogP contribution >= 0.6 is 0 Å². The molecule has 1 unspecified atom stereocenters. The highest BCUT2D eigenvalue weighted by molar-refractivity contribution is 5.95. The van der Waals surface area contributed by atoms with Gasteiger partial charge in [-0.25, -0.2) is 13.8 Å². The van der Waals surface area contributed by atoms with Crippen LogP contribution in [0.3, 0.4) is 0 Å². The Morgan fingerprint density at radius 3 is 2.59 bits per heavy atom. The molecule has 0 N–H and O–H groups in total. The van der Waals surface area contributed by atoms with Gasteiger partial charge in [0.05, 0.1) is 23.6 Å². The van der Waals surface area contributed by atoms with E-state index in [4.69, 9.17) is 0 Å². The van der Waals surface area contributed by atoms with E-state index in [-0.39, 0.29) is 17.8 Å². The van der Waals surface area contributed by atoms with E-state index in [1.54, 1.807) is 47.4 Å². The highest BCUT2D eigenvalue weighted by atomic mass is 19.4. The average molecular weight is 540 g/mol. The number of carbonyl (C=O) groups is 1. The number of hydrogen-bond donors (Lipinski definition) is 0. The molecule has 4 aromatic rings. The van der Waals surface area contributed by atoms with Crippen LogP contribution in [-0.2, 0) is 23.9 Å². The summed E-state index contributed by atoms with van der Waals surface area (Å²) in [6.45, 7) is 0.999. The molecule has 1 aliphatic carbocycles. The van der Waals surface area contributed by atoms with Gasteiger partial charge in [-0.1, -0.05) is 30.3 Å². The van der Waals surface area contributed by atoms with E-state index in [2.05, 4.69) is 4.98 Å². The number of imidazole rings is 1. The number of alkyl halides is 4. The maximum absolute atomic E-state index is 14.9. The zero-order valence-corrected chi connectivity index (χ0v) is 21.2. The first-order valence-electron chi connectivity index (χ1n) is 12.9. The molecule has 0 spiro atoms. The number of aryl methyl sites for hydroxylation is 1. The van der Waals surface area contributed by atoms with Gasteiger partial charge in [-0.05, 0) is 79.1 Å². The standard InChI is InChI=1S/C30H26F5N3O/c1-28(32,30(33,34)35)22-6-10-25-20(14-22)5-11-26-29(25,15-19-2-7-23(31)8-3-19)12-13-38(26)27(39)21-4-9-24-16-36-18-37(24)17-21/h2-4,6-10,14,16-18,26H,5,11-13,15H2,1H3/t26-,28?,29-/m1/s1. The third-order valence-corrected chi connectivity index (χ3v) is 8.56. The zero-order chi connectivity index (χ0) is 27.6. The first-order valence-corrected chi connectivity index (χ1v) is 12.9. The molecule has 1 fully saturated rings. The number of hydrogen-bond acceptors (Lipinski definition) is 2. The summed E-state index contributed by atoms with van der Waals surface area (Å²) >= 11 is 0. The highest BCUT2D eigenvalue weighted by Crippen LogP contribution is 2.51. The minimum atomic E-state index is -5.04. The second-order valence-corrected chi connectivity index (χ2v) is 10.8. The number of halogens is 5. The quantitative estimate of drug-likeness (QED) is 0.276. The Morgan fingerprint density at radius 1 is 1.08 bits per heavy atom. The summed E-state index contributed by atoms with van der Waals surface area (Å²) in [5.74, 6) is -0.501. The van der Waals surface area contributed by atoms with E-state index in [1.807, 2.05) is 11.0 Å². The molecule has 1 aliphatic heterocycles. The van der Waals surface area contributed by atoms with Crippen LogP contribution < -0.4 is 0 Å². The smallest absolute Gasteiger partial charge is 0.335 e. The Kier molecular flexibility index (Phi) is 5.82. The van der Waals surface area contributed by atoms with Gasteiger partial charge in [0.2, 0.25) is 5.67 Å². The van der Waals surface area contributed by atoms with Crippen molar-refractivity contribution >= 4 is 11.4 Å². The Balaban J connectivity index is 1.42. The molecule has 3 atom stereocenters. The second-order valence-electron chi connectivity index (χ2n) is 10.8. The van der Waals surface area contributed by atoms with Gasteiger partial charge in [-0.15, -0.1) is 0 Å². The van der Waals surface area contributed by atoms with Crippen molar-refractivity contribution < 1.29 is 26.7 Å². The lowest BCUT2D eigenvalue weighted by atomic mass is 9.63. The highest BCUT2D eigenvalue weighted by Gasteiger charge is 2.55. The van der Waals surface area contributed by atoms with Crippen molar-refractivity contribution in [1.82, 2.24) is 14.3 Å². The van der Waals surface area contributed by atoms with Crippen LogP contribution in [0.1, 0.15) is 52.4 Å². The van der Waals surface area contributed by atoms with Crippen molar-refractivity contribution in [2.75, 3.05) is 6.54 Å². The molecule has 39 heavy (non-hydrogen) atoms. The lowest BCUT2D eigenvalue weighted by Crippen LogP contribution is -2.49. The van der Waals surface area contributed by atoms with E-state index in [0.717, 1.165) is 16.6 Å². The fourth-order valence-electron chi connectivity index (χ4n) is 6.44. The van der Waals surface area contributed by atoms with Crippen LogP contribution in [0.15, 0.2) is 73.3 Å². The first kappa shape index (κ1) is 25.5. The third kappa shape index (κ3) is 4.10. The SMILES string of the molecule is CC(F)(c1ccc2c(c1)CC[C@H]1N(C(=O)c3ccc4cncn4c3)CC[C@@]21Cc1ccc(F)cc1)C(F)(F)F. The number of aromatic nitrogens is 2. The van der Waals surface area contributed by atoms with Gasteiger partial charge < -0.3 is 9.30 Å². The molecule has 2 aromatic heterocycles. The Hall–Kier alpha value is -3.75. The molecular weight excluding hydrogens is 513 g/mol. The molecule has 0 bridgehead atoms. The van der Waals surface area contributed by atoms with Crippen LogP contribution in [0.4, 0.5) is 22.0 Å². The van der Waals surface area contributed by atoms with Crippen LogP contribution in [0.5, 0.6) is 0 Å². The fraction of sp³-hybridized carbons (Fsp3) is 0.333. The summed E-state index contributed by atoms with van der Waals surface area (Å²) < 4.78 is 70.8. The molecule has 0 saturated carbocycles. The van der Waals surface area contributed by atoms with E-state index >= 15 is 0 Å². The van der Waals surface area contributed by atoms with Gasteiger partial charge in [0.1, 0.15) is 5.82 Å². The summed E-state index contributed by atoms with van der Waals surface area (Å²) in [6.07, 6.45) is 2.01. The van der Waals surface area contributed by atoms with Crippen LogP contribution in [0.2, 0.25) is 0 Å². The number of rotatable bonds is 4. The molecule has 6 rings (SSSR count). The fourth-order valence-corrected chi connectivity index (χ4v) is 6.44. The normalized spacial score (nSPS) is 22.4. The Bertz CT molecular complexity index is 1560. The molecule has 0 radical (unpaired) electrons. The average Bonchev–Trinajstić information content (AvgIpc) is 3.53. The molecular formula is C30H26F5N3O. The predicted octanol–water partition coefficient (Wildman–Crippen LogP) is 6.56. The monoisotopic (exact) mass is 539 g/mol. The summed E-state index contributed by atoms with van der Waals surface area (Å²) in [7, 11) is 0. The number of pyridine rings is 1. The molecule has 2 aromatic carbocycles. The number of fused-ring (bicyclic) bond motifs is 4. The van der Waals surface area contributed by atoms with Crippen molar-refractivity contribution in [2.45, 2.75) is 55.9 Å². The van der Waals surface area contributed by atoms with E-state index < -0.39 is 22.8 Å². The maximum Gasteiger partial charge on any atom is 0.426 e. The van der Waals surface area contributed by atoms with Crippen LogP contribution in [0.25, 0.3) is 5.52 Å². The molecule has 3 heterocycles. The second kappa shape index (κ2) is 8.89. The van der Waals surface area contributed by atoms with E-state index in [9.17, 15) is 26.7 Å². The van der Waals surface area contributed by atoms with Gasteiger partial charge in [0, 0.05) is 24.2 Å². The minimum Gasteiger partial charge on any atom is -0.335 e. The van der Waals surface area contributed by atoms with Crippen LogP contribution in [0, 0.1) is 5.82 Å². The lowest BCUT2D eigenvalue weighted by Gasteiger charge is -2.44. The number of likely N-dealkylation sites (tertiary alicyclic amines) is 1. The minimum absolute atomic E-state index is 0.134. The van der Waals surface area contributed by atoms with Gasteiger partial charge in [-0.3, -0.25) is 4.79 Å². The van der Waals surface area contributed by atoms with Gasteiger partial charge >= 0.3 is 6.18 Å². The Labute approximate surface area is 222 Å². The number of carbonyl (C=O) groups excluding carboxylic acids is 1. The van der Waals surface area contributed by atoms with Crippen LogP contribution in [-0.4, -0.2) is 39.0 Å². The zero-order valence-electron chi connectivity index (χ0n) is 21.2. The number of benzene rings is 2. The van der Waals surface area contributed by atoms with E-state index in [1.165, 1.54) is 24.3 Å². The summed E-state index contributed by atoms with van der Waals surface area (Å²) in [4.78, 5) is 19.7. The predicted molar refractivity (Wildman–Crippen MR) is 136 cm³/mol. The topological polar surface area (TPSA) is 37.6 Å². The number of amides is 1. The summed E-state index contributed by atoms with van der Waals surface area (Å²) in [5.41, 5.74) is -0.798. The third-order valence-electron chi connectivity index (χ3n) is 8.56. The van der Waals surface area contributed by atoms with Crippen molar-refractivity contribution in [3.05, 3.63) is 107 Å². The van der Waals surface area contributed by atoms with Crippen molar-refractivity contribution in [1.29, 1.82) is 0 Å². The molecule has 9 heteroatoms. The molecule has 1 amide bonds.